The molecule has 0 atom stereocenters. The molecule has 19 heavy (non-hydrogen) atoms. The molecule has 1 aliphatic rings. The lowest BCUT2D eigenvalue weighted by Gasteiger charge is -2.32. The number of nitrogens with zero attached hydrogens (tertiary/aromatic N) is 4. The van der Waals surface area contributed by atoms with Crippen molar-refractivity contribution < 1.29 is 0 Å². The Morgan fingerprint density at radius 2 is 2.00 bits per heavy atom. The summed E-state index contributed by atoms with van der Waals surface area (Å²) in [4.78, 5) is 19.0. The van der Waals surface area contributed by atoms with Gasteiger partial charge in [-0.3, -0.25) is 4.98 Å². The Morgan fingerprint density at radius 1 is 1.21 bits per heavy atom. The number of aromatic amines is 1. The molecular weight excluding hydrogens is 238 g/mol. The van der Waals surface area contributed by atoms with Crippen LogP contribution < -0.4 is 4.90 Å². The SMILES string of the molecule is Cc1cnc(C)c(N2CCC(c3ncc[nH]3)CC2)n1. The Balaban J connectivity index is 1.71. The molecule has 0 bridgehead atoms. The van der Waals surface area contributed by atoms with Gasteiger partial charge in [0.05, 0.1) is 11.4 Å². The first kappa shape index (κ1) is 12.1. The summed E-state index contributed by atoms with van der Waals surface area (Å²) in [5.41, 5.74) is 2.00. The largest absolute Gasteiger partial charge is 0.355 e. The van der Waals surface area contributed by atoms with Gasteiger partial charge in [-0.1, -0.05) is 0 Å². The number of rotatable bonds is 2. The highest BCUT2D eigenvalue weighted by Crippen LogP contribution is 2.28. The van der Waals surface area contributed by atoms with Gasteiger partial charge in [-0.2, -0.15) is 0 Å². The van der Waals surface area contributed by atoms with Crippen LogP contribution >= 0.6 is 0 Å². The smallest absolute Gasteiger partial charge is 0.150 e. The zero-order chi connectivity index (χ0) is 13.2. The summed E-state index contributed by atoms with van der Waals surface area (Å²) >= 11 is 0. The van der Waals surface area contributed by atoms with Gasteiger partial charge in [0.1, 0.15) is 11.6 Å². The minimum absolute atomic E-state index is 0.546. The number of piperidine rings is 1. The number of hydrogen-bond donors (Lipinski definition) is 1. The zero-order valence-electron chi connectivity index (χ0n) is 11.4. The maximum absolute atomic E-state index is 4.62. The second kappa shape index (κ2) is 4.99. The fourth-order valence-corrected chi connectivity index (χ4v) is 2.69. The highest BCUT2D eigenvalue weighted by atomic mass is 15.2. The zero-order valence-corrected chi connectivity index (χ0v) is 11.4. The van der Waals surface area contributed by atoms with Crippen molar-refractivity contribution in [3.63, 3.8) is 0 Å². The third kappa shape index (κ3) is 2.45. The Labute approximate surface area is 113 Å². The molecule has 1 saturated heterocycles. The van der Waals surface area contributed by atoms with E-state index in [9.17, 15) is 0 Å². The molecule has 0 spiro atoms. The van der Waals surface area contributed by atoms with Crippen LogP contribution in [0, 0.1) is 13.8 Å². The van der Waals surface area contributed by atoms with E-state index in [0.29, 0.717) is 5.92 Å². The molecule has 3 heterocycles. The topological polar surface area (TPSA) is 57.7 Å². The van der Waals surface area contributed by atoms with Crippen LogP contribution in [-0.4, -0.2) is 33.0 Å². The Morgan fingerprint density at radius 3 is 2.68 bits per heavy atom. The van der Waals surface area contributed by atoms with E-state index in [0.717, 1.165) is 49.0 Å². The second-order valence-corrected chi connectivity index (χ2v) is 5.16. The molecule has 1 N–H and O–H groups in total. The van der Waals surface area contributed by atoms with Crippen LogP contribution in [0.25, 0.3) is 0 Å². The maximum Gasteiger partial charge on any atom is 0.150 e. The molecule has 0 aromatic carbocycles. The summed E-state index contributed by atoms with van der Waals surface area (Å²) in [5.74, 6) is 2.70. The molecule has 2 aromatic rings. The molecule has 5 heteroatoms. The summed E-state index contributed by atoms with van der Waals surface area (Å²) < 4.78 is 0. The van der Waals surface area contributed by atoms with Crippen molar-refractivity contribution >= 4 is 5.82 Å². The molecule has 0 unspecified atom stereocenters. The first-order valence-corrected chi connectivity index (χ1v) is 6.78. The van der Waals surface area contributed by atoms with E-state index in [2.05, 4.69) is 24.8 Å². The highest BCUT2D eigenvalue weighted by molar-refractivity contribution is 5.43. The van der Waals surface area contributed by atoms with E-state index in [-0.39, 0.29) is 0 Å². The number of aryl methyl sites for hydroxylation is 2. The standard InChI is InChI=1S/C14H19N5/c1-10-9-17-11(2)14(18-10)19-7-3-12(4-8-19)13-15-5-6-16-13/h5-6,9,12H,3-4,7-8H2,1-2H3,(H,15,16). The fourth-order valence-electron chi connectivity index (χ4n) is 2.69. The van der Waals surface area contributed by atoms with Gasteiger partial charge in [-0.15, -0.1) is 0 Å². The monoisotopic (exact) mass is 257 g/mol. The van der Waals surface area contributed by atoms with Gasteiger partial charge in [0.25, 0.3) is 0 Å². The molecule has 0 amide bonds. The lowest BCUT2D eigenvalue weighted by Crippen LogP contribution is -2.34. The van der Waals surface area contributed by atoms with Gasteiger partial charge in [-0.05, 0) is 26.7 Å². The summed E-state index contributed by atoms with van der Waals surface area (Å²) in [5, 5.41) is 0. The van der Waals surface area contributed by atoms with Crippen molar-refractivity contribution in [2.24, 2.45) is 0 Å². The van der Waals surface area contributed by atoms with E-state index < -0.39 is 0 Å². The van der Waals surface area contributed by atoms with Gasteiger partial charge in [0.2, 0.25) is 0 Å². The Hall–Kier alpha value is -1.91. The highest BCUT2D eigenvalue weighted by Gasteiger charge is 2.24. The van der Waals surface area contributed by atoms with Crippen LogP contribution in [0.4, 0.5) is 5.82 Å². The summed E-state index contributed by atoms with van der Waals surface area (Å²) in [7, 11) is 0. The van der Waals surface area contributed by atoms with E-state index in [4.69, 9.17) is 0 Å². The van der Waals surface area contributed by atoms with Crippen molar-refractivity contribution in [3.05, 3.63) is 35.8 Å². The van der Waals surface area contributed by atoms with Crippen molar-refractivity contribution in [2.45, 2.75) is 32.6 Å². The van der Waals surface area contributed by atoms with E-state index in [1.165, 1.54) is 0 Å². The first-order chi connectivity index (χ1) is 9.24. The molecule has 2 aromatic heterocycles. The summed E-state index contributed by atoms with van der Waals surface area (Å²) in [6, 6.07) is 0. The van der Waals surface area contributed by atoms with Crippen LogP contribution in [-0.2, 0) is 0 Å². The van der Waals surface area contributed by atoms with Gasteiger partial charge < -0.3 is 9.88 Å². The van der Waals surface area contributed by atoms with Crippen LogP contribution in [0.3, 0.4) is 0 Å². The third-order valence-corrected chi connectivity index (χ3v) is 3.75. The lowest BCUT2D eigenvalue weighted by atomic mass is 9.96. The molecule has 1 fully saturated rings. The molecule has 5 nitrogen and oxygen atoms in total. The van der Waals surface area contributed by atoms with Gasteiger partial charge in [0.15, 0.2) is 0 Å². The number of nitrogens with one attached hydrogen (secondary N) is 1. The Bertz CT molecular complexity index is 541. The third-order valence-electron chi connectivity index (χ3n) is 3.75. The first-order valence-electron chi connectivity index (χ1n) is 6.78. The van der Waals surface area contributed by atoms with E-state index >= 15 is 0 Å². The molecule has 0 radical (unpaired) electrons. The molecule has 3 rings (SSSR count). The Kier molecular flexibility index (Phi) is 3.19. The number of aromatic nitrogens is 4. The van der Waals surface area contributed by atoms with Crippen LogP contribution in [0.5, 0.6) is 0 Å². The molecule has 1 aliphatic heterocycles. The number of H-pyrrole nitrogens is 1. The molecule has 0 saturated carbocycles. The fraction of sp³-hybridized carbons (Fsp3) is 0.500. The number of anilines is 1. The van der Waals surface area contributed by atoms with Crippen LogP contribution in [0.2, 0.25) is 0 Å². The second-order valence-electron chi connectivity index (χ2n) is 5.16. The lowest BCUT2D eigenvalue weighted by molar-refractivity contribution is 0.485. The van der Waals surface area contributed by atoms with Gasteiger partial charge >= 0.3 is 0 Å². The van der Waals surface area contributed by atoms with Crippen molar-refractivity contribution in [2.75, 3.05) is 18.0 Å². The van der Waals surface area contributed by atoms with Crippen molar-refractivity contribution in [1.82, 2.24) is 19.9 Å². The maximum atomic E-state index is 4.62. The average Bonchev–Trinajstić information content (AvgIpc) is 2.96. The predicted octanol–water partition coefficient (Wildman–Crippen LogP) is 2.20. The van der Waals surface area contributed by atoms with E-state index in [1.807, 2.05) is 32.4 Å². The quantitative estimate of drug-likeness (QED) is 0.896. The minimum Gasteiger partial charge on any atom is -0.355 e. The van der Waals surface area contributed by atoms with Crippen molar-refractivity contribution in [3.8, 4) is 0 Å². The van der Waals surface area contributed by atoms with Crippen LogP contribution in [0.15, 0.2) is 18.6 Å². The van der Waals surface area contributed by atoms with Crippen molar-refractivity contribution in [1.29, 1.82) is 0 Å². The van der Waals surface area contributed by atoms with E-state index in [1.54, 1.807) is 0 Å². The normalized spacial score (nSPS) is 16.8. The van der Waals surface area contributed by atoms with Crippen LogP contribution in [0.1, 0.15) is 36.0 Å². The summed E-state index contributed by atoms with van der Waals surface area (Å²) in [6.07, 6.45) is 7.79. The van der Waals surface area contributed by atoms with Gasteiger partial charge in [0, 0.05) is 37.6 Å². The van der Waals surface area contributed by atoms with Gasteiger partial charge in [-0.25, -0.2) is 9.97 Å². The molecule has 100 valence electrons. The summed E-state index contributed by atoms with van der Waals surface area (Å²) in [6.45, 7) is 6.06. The predicted molar refractivity (Wildman–Crippen MR) is 74.3 cm³/mol. The minimum atomic E-state index is 0.546. The molecular formula is C14H19N5. The number of hydrogen-bond acceptors (Lipinski definition) is 4. The average molecular weight is 257 g/mol. The number of imidazole rings is 1. The molecule has 0 aliphatic carbocycles.